The van der Waals surface area contributed by atoms with Crippen molar-refractivity contribution in [1.82, 2.24) is 4.98 Å². The normalized spacial score (nSPS) is 13.4. The first-order chi connectivity index (χ1) is 9.30. The summed E-state index contributed by atoms with van der Waals surface area (Å²) in [6, 6.07) is 4.96. The number of nitrogens with zero attached hydrogens (tertiary/aromatic N) is 2. The number of benzene rings is 1. The Kier molecular flexibility index (Phi) is 3.72. The van der Waals surface area contributed by atoms with Crippen LogP contribution in [0.25, 0.3) is 10.8 Å². The van der Waals surface area contributed by atoms with E-state index in [1.54, 1.807) is 18.3 Å². The quantitative estimate of drug-likeness (QED) is 0.689. The van der Waals surface area contributed by atoms with Crippen LogP contribution in [0.1, 0.15) is 26.3 Å². The van der Waals surface area contributed by atoms with Gasteiger partial charge in [0, 0.05) is 18.5 Å². The van der Waals surface area contributed by atoms with Crippen LogP contribution in [0.15, 0.2) is 30.6 Å². The van der Waals surface area contributed by atoms with E-state index < -0.39 is 11.0 Å². The van der Waals surface area contributed by atoms with Gasteiger partial charge >= 0.3 is 0 Å². The second-order valence-electron chi connectivity index (χ2n) is 6.01. The summed E-state index contributed by atoms with van der Waals surface area (Å²) in [5.74, 6) is 0. The third-order valence-corrected chi connectivity index (χ3v) is 3.49. The lowest BCUT2D eigenvalue weighted by atomic mass is 9.84. The van der Waals surface area contributed by atoms with E-state index in [0.717, 1.165) is 10.9 Å². The topological polar surface area (TPSA) is 76.3 Å². The van der Waals surface area contributed by atoms with Crippen molar-refractivity contribution in [3.63, 3.8) is 0 Å². The molecule has 20 heavy (non-hydrogen) atoms. The fourth-order valence-corrected chi connectivity index (χ4v) is 2.09. The van der Waals surface area contributed by atoms with Gasteiger partial charge in [0.1, 0.15) is 0 Å². The van der Waals surface area contributed by atoms with Crippen molar-refractivity contribution in [2.45, 2.75) is 33.3 Å². The molecule has 0 amide bonds. The Labute approximate surface area is 117 Å². The molecule has 1 unspecified atom stereocenters. The molecule has 0 saturated heterocycles. The highest BCUT2D eigenvalue weighted by molar-refractivity contribution is 5.92. The summed E-state index contributed by atoms with van der Waals surface area (Å²) in [5, 5.41) is 22.5. The van der Waals surface area contributed by atoms with Crippen molar-refractivity contribution in [3.8, 4) is 0 Å². The number of fused-ring (bicyclic) bond motifs is 1. The highest BCUT2D eigenvalue weighted by Gasteiger charge is 2.24. The maximum absolute atomic E-state index is 11.0. The molecule has 0 saturated carbocycles. The molecule has 1 heterocycles. The zero-order valence-corrected chi connectivity index (χ0v) is 11.8. The summed E-state index contributed by atoms with van der Waals surface area (Å²) in [5.41, 5.74) is 0.707. The van der Waals surface area contributed by atoms with Gasteiger partial charge in [0.25, 0.3) is 5.69 Å². The Morgan fingerprint density at radius 2 is 2.00 bits per heavy atom. The van der Waals surface area contributed by atoms with E-state index in [4.69, 9.17) is 0 Å². The van der Waals surface area contributed by atoms with Crippen LogP contribution >= 0.6 is 0 Å². The number of rotatable bonds is 3. The Bertz CT molecular complexity index is 647. The zero-order chi connectivity index (χ0) is 14.9. The molecule has 0 aliphatic heterocycles. The van der Waals surface area contributed by atoms with Gasteiger partial charge in [0.05, 0.1) is 16.4 Å². The molecular weight excluding hydrogens is 256 g/mol. The molecule has 106 valence electrons. The molecule has 2 rings (SSSR count). The van der Waals surface area contributed by atoms with Crippen molar-refractivity contribution in [3.05, 3.63) is 46.3 Å². The molecule has 0 aliphatic carbocycles. The summed E-state index contributed by atoms with van der Waals surface area (Å²) in [6.07, 6.45) is 3.06. The highest BCUT2D eigenvalue weighted by Crippen LogP contribution is 2.30. The molecule has 0 radical (unpaired) electrons. The van der Waals surface area contributed by atoms with Crippen molar-refractivity contribution in [2.24, 2.45) is 5.41 Å². The van der Waals surface area contributed by atoms with E-state index in [2.05, 4.69) is 4.98 Å². The molecule has 5 nitrogen and oxygen atoms in total. The second kappa shape index (κ2) is 5.17. The van der Waals surface area contributed by atoms with Crippen LogP contribution in [-0.2, 0) is 6.42 Å². The first-order valence-electron chi connectivity index (χ1n) is 6.49. The zero-order valence-electron chi connectivity index (χ0n) is 11.8. The molecule has 1 N–H and O–H groups in total. The van der Waals surface area contributed by atoms with E-state index in [9.17, 15) is 15.2 Å². The second-order valence-corrected chi connectivity index (χ2v) is 6.01. The van der Waals surface area contributed by atoms with Crippen LogP contribution in [0, 0.1) is 15.5 Å². The van der Waals surface area contributed by atoms with Gasteiger partial charge in [0.2, 0.25) is 0 Å². The molecule has 0 spiro atoms. The lowest BCUT2D eigenvalue weighted by Crippen LogP contribution is -2.28. The predicted molar refractivity (Wildman–Crippen MR) is 77.6 cm³/mol. The minimum Gasteiger partial charge on any atom is -0.392 e. The van der Waals surface area contributed by atoms with Crippen LogP contribution in [0.3, 0.4) is 0 Å². The summed E-state index contributed by atoms with van der Waals surface area (Å²) >= 11 is 0. The largest absolute Gasteiger partial charge is 0.392 e. The average Bonchev–Trinajstić information content (AvgIpc) is 2.37. The average molecular weight is 274 g/mol. The first-order valence-corrected chi connectivity index (χ1v) is 6.49. The minimum atomic E-state index is -0.514. The minimum absolute atomic E-state index is 0.0436. The number of aliphatic hydroxyl groups is 1. The van der Waals surface area contributed by atoms with E-state index >= 15 is 0 Å². The number of hydrogen-bond acceptors (Lipinski definition) is 4. The van der Waals surface area contributed by atoms with Gasteiger partial charge in [0.15, 0.2) is 0 Å². The Balaban J connectivity index is 2.51. The number of pyridine rings is 1. The monoisotopic (exact) mass is 274 g/mol. The van der Waals surface area contributed by atoms with E-state index in [1.165, 1.54) is 12.3 Å². The molecule has 1 aromatic heterocycles. The summed E-state index contributed by atoms with van der Waals surface area (Å²) in [4.78, 5) is 14.6. The molecule has 5 heteroatoms. The van der Waals surface area contributed by atoms with Gasteiger partial charge in [-0.2, -0.15) is 0 Å². The SMILES string of the molecule is CC(C)(C)C(O)Cc1ccc([N+](=O)[O-])c2cnccc12. The van der Waals surface area contributed by atoms with Crippen LogP contribution in [0.4, 0.5) is 5.69 Å². The maximum Gasteiger partial charge on any atom is 0.278 e. The molecule has 1 atom stereocenters. The van der Waals surface area contributed by atoms with E-state index in [1.807, 2.05) is 20.8 Å². The van der Waals surface area contributed by atoms with Crippen molar-refractivity contribution >= 4 is 16.5 Å². The van der Waals surface area contributed by atoms with Gasteiger partial charge in [-0.15, -0.1) is 0 Å². The third-order valence-electron chi connectivity index (χ3n) is 3.49. The van der Waals surface area contributed by atoms with Crippen molar-refractivity contribution in [2.75, 3.05) is 0 Å². The summed E-state index contributed by atoms with van der Waals surface area (Å²) in [6.45, 7) is 5.90. The Hall–Kier alpha value is -2.01. The van der Waals surface area contributed by atoms with E-state index in [0.29, 0.717) is 11.8 Å². The smallest absolute Gasteiger partial charge is 0.278 e. The van der Waals surface area contributed by atoms with E-state index in [-0.39, 0.29) is 11.1 Å². The van der Waals surface area contributed by atoms with Gasteiger partial charge in [-0.1, -0.05) is 26.8 Å². The number of nitro benzene ring substituents is 1. The lowest BCUT2D eigenvalue weighted by molar-refractivity contribution is -0.383. The van der Waals surface area contributed by atoms with Crippen LogP contribution in [0.2, 0.25) is 0 Å². The lowest BCUT2D eigenvalue weighted by Gasteiger charge is -2.26. The van der Waals surface area contributed by atoms with Crippen LogP contribution in [0.5, 0.6) is 0 Å². The predicted octanol–water partition coefficient (Wildman–Crippen LogP) is 3.09. The van der Waals surface area contributed by atoms with Crippen molar-refractivity contribution < 1.29 is 10.0 Å². The van der Waals surface area contributed by atoms with Crippen molar-refractivity contribution in [1.29, 1.82) is 0 Å². The van der Waals surface area contributed by atoms with Gasteiger partial charge in [-0.3, -0.25) is 15.1 Å². The van der Waals surface area contributed by atoms with Gasteiger partial charge < -0.3 is 5.11 Å². The molecule has 0 fully saturated rings. The van der Waals surface area contributed by atoms with Crippen LogP contribution < -0.4 is 0 Å². The maximum atomic E-state index is 11.0. The van der Waals surface area contributed by atoms with Gasteiger partial charge in [-0.05, 0) is 28.9 Å². The summed E-state index contributed by atoms with van der Waals surface area (Å²) in [7, 11) is 0. The number of non-ortho nitro benzene ring substituents is 1. The van der Waals surface area contributed by atoms with Crippen LogP contribution in [-0.4, -0.2) is 21.1 Å². The molecular formula is C15H18N2O3. The third kappa shape index (κ3) is 2.77. The Morgan fingerprint density at radius 1 is 1.30 bits per heavy atom. The molecule has 1 aromatic carbocycles. The highest BCUT2D eigenvalue weighted by atomic mass is 16.6. The summed E-state index contributed by atoms with van der Waals surface area (Å²) < 4.78 is 0. The standard InChI is InChI=1S/C15H18N2O3/c1-15(2,3)14(18)8-10-4-5-13(17(19)20)12-9-16-7-6-11(10)12/h4-7,9,14,18H,8H2,1-3H3. The Morgan fingerprint density at radius 3 is 2.60 bits per heavy atom. The molecule has 2 aromatic rings. The number of hydrogen-bond donors (Lipinski definition) is 1. The number of aromatic nitrogens is 1. The molecule has 0 aliphatic rings. The number of nitro groups is 1. The fraction of sp³-hybridized carbons (Fsp3) is 0.400. The first kappa shape index (κ1) is 14.4. The fourth-order valence-electron chi connectivity index (χ4n) is 2.09. The van der Waals surface area contributed by atoms with Gasteiger partial charge in [-0.25, -0.2) is 0 Å². The number of aliphatic hydroxyl groups excluding tert-OH is 1. The molecule has 0 bridgehead atoms.